The molecule has 3 aromatic heterocycles. The highest BCUT2D eigenvalue weighted by atomic mass is 79.9. The topological polar surface area (TPSA) is 114 Å². The predicted molar refractivity (Wildman–Crippen MR) is 167 cm³/mol. The largest absolute Gasteiger partial charge is 0.516 e. The lowest BCUT2D eigenvalue weighted by atomic mass is 10.1. The number of aryl methyl sites for hydroxylation is 2. The number of nitrogens with zero attached hydrogens (tertiary/aromatic N) is 2. The molecule has 0 bridgehead atoms. The fourth-order valence-corrected chi connectivity index (χ4v) is 6.69. The van der Waals surface area contributed by atoms with Gasteiger partial charge in [0.05, 0.1) is 21.5 Å². The lowest BCUT2D eigenvalue weighted by Gasteiger charge is -2.13. The molecule has 8 nitrogen and oxygen atoms in total. The van der Waals surface area contributed by atoms with Crippen molar-refractivity contribution in [1.82, 2.24) is 9.55 Å². The zero-order valence-electron chi connectivity index (χ0n) is 23.3. The number of carboxylic acids is 1. The van der Waals surface area contributed by atoms with Crippen LogP contribution in [0.1, 0.15) is 34.6 Å². The quantitative estimate of drug-likeness (QED) is 0.142. The highest BCUT2D eigenvalue weighted by molar-refractivity contribution is 9.10. The van der Waals surface area contributed by atoms with Crippen molar-refractivity contribution in [3.63, 3.8) is 0 Å². The highest BCUT2D eigenvalue weighted by Crippen LogP contribution is 2.42. The number of hydrogen-bond acceptors (Lipinski definition) is 6. The summed E-state index contributed by atoms with van der Waals surface area (Å²) in [5.41, 5.74) is -2.82. The summed E-state index contributed by atoms with van der Waals surface area (Å²) in [6.45, 7) is 4.15. The number of anilines is 1. The third kappa shape index (κ3) is 6.33. The van der Waals surface area contributed by atoms with E-state index in [1.807, 2.05) is 48.1 Å². The van der Waals surface area contributed by atoms with Crippen molar-refractivity contribution in [3.05, 3.63) is 97.7 Å². The van der Waals surface area contributed by atoms with E-state index in [0.717, 1.165) is 16.3 Å². The maximum Gasteiger partial charge on any atom is 0.516 e. The third-order valence-electron chi connectivity index (χ3n) is 6.87. The van der Waals surface area contributed by atoms with Crippen LogP contribution >= 0.6 is 27.3 Å². The van der Waals surface area contributed by atoms with E-state index in [1.165, 1.54) is 29.5 Å². The third-order valence-corrected chi connectivity index (χ3v) is 9.63. The molecule has 2 aromatic carbocycles. The summed E-state index contributed by atoms with van der Waals surface area (Å²) in [5, 5.41) is 12.4. The summed E-state index contributed by atoms with van der Waals surface area (Å²) < 4.78 is 72.9. The SMILES string of the molecule is CCc1nc(C)c(C=C(Cc2cccs2)C(=O)O)n1Cc1ccc2oc(-c3ccccc3NS(=O)(=O)C(F)(F)F)c(Br)c2c1. The smallest absolute Gasteiger partial charge is 0.478 e. The fraction of sp³-hybridized carbons (Fsp3) is 0.200. The second kappa shape index (κ2) is 12.3. The van der Waals surface area contributed by atoms with Gasteiger partial charge in [0.2, 0.25) is 0 Å². The van der Waals surface area contributed by atoms with E-state index >= 15 is 0 Å². The molecule has 0 fully saturated rings. The van der Waals surface area contributed by atoms with Crippen LogP contribution in [-0.2, 0) is 34.2 Å². The van der Waals surface area contributed by atoms with Gasteiger partial charge >= 0.3 is 21.5 Å². The van der Waals surface area contributed by atoms with Gasteiger partial charge in [-0.25, -0.2) is 9.78 Å². The number of carbonyl (C=O) groups is 1. The van der Waals surface area contributed by atoms with E-state index in [4.69, 9.17) is 4.42 Å². The average Bonchev–Trinajstić information content (AvgIpc) is 3.67. The summed E-state index contributed by atoms with van der Waals surface area (Å²) in [6.07, 6.45) is 2.54. The molecule has 0 unspecified atom stereocenters. The number of hydrogen-bond donors (Lipinski definition) is 2. The van der Waals surface area contributed by atoms with Crippen molar-refractivity contribution >= 4 is 66.0 Å². The van der Waals surface area contributed by atoms with Gasteiger partial charge < -0.3 is 14.1 Å². The van der Waals surface area contributed by atoms with Crippen molar-refractivity contribution in [2.24, 2.45) is 0 Å². The molecule has 5 rings (SSSR count). The van der Waals surface area contributed by atoms with Gasteiger partial charge in [0, 0.05) is 40.8 Å². The van der Waals surface area contributed by atoms with E-state index in [0.29, 0.717) is 39.8 Å². The summed E-state index contributed by atoms with van der Waals surface area (Å²) in [5.74, 6) is -0.0983. The molecule has 0 aliphatic heterocycles. The van der Waals surface area contributed by atoms with E-state index in [-0.39, 0.29) is 29.0 Å². The van der Waals surface area contributed by atoms with Crippen LogP contribution in [0, 0.1) is 6.92 Å². The van der Waals surface area contributed by atoms with Crippen LogP contribution in [-0.4, -0.2) is 34.6 Å². The number of halogens is 4. The minimum absolute atomic E-state index is 0.114. The number of alkyl halides is 3. The van der Waals surface area contributed by atoms with Gasteiger partial charge in [-0.05, 0) is 70.2 Å². The molecule has 44 heavy (non-hydrogen) atoms. The Labute approximate surface area is 263 Å². The number of thiophene rings is 1. The second-order valence-electron chi connectivity index (χ2n) is 9.84. The number of sulfonamides is 1. The monoisotopic (exact) mass is 707 g/mol. The van der Waals surface area contributed by atoms with Crippen LogP contribution in [0.4, 0.5) is 18.9 Å². The fourth-order valence-electron chi connectivity index (χ4n) is 4.77. The molecule has 0 atom stereocenters. The van der Waals surface area contributed by atoms with Crippen molar-refractivity contribution < 1.29 is 35.9 Å². The molecular weight excluding hydrogens is 683 g/mol. The van der Waals surface area contributed by atoms with Crippen LogP contribution in [0.5, 0.6) is 0 Å². The van der Waals surface area contributed by atoms with Gasteiger partial charge in [-0.1, -0.05) is 31.2 Å². The number of imidazole rings is 1. The standard InChI is InChI=1S/C30H25BrF3N3O5S2/c1-3-26-35-17(2)24(15-19(29(38)39)14-20-7-6-12-43-20)37(26)16-18-10-11-25-22(13-18)27(31)28(42-25)21-8-4-5-9-23(21)36-44(40,41)30(32,33)34/h4-13,15,36H,3,14,16H2,1-2H3,(H,38,39). The Morgan fingerprint density at radius 1 is 1.18 bits per heavy atom. The van der Waals surface area contributed by atoms with Gasteiger partial charge in [0.25, 0.3) is 0 Å². The Bertz CT molecular complexity index is 2000. The lowest BCUT2D eigenvalue weighted by molar-refractivity contribution is -0.132. The Morgan fingerprint density at radius 3 is 2.59 bits per heavy atom. The molecule has 0 spiro atoms. The van der Waals surface area contributed by atoms with E-state index in [1.54, 1.807) is 22.9 Å². The summed E-state index contributed by atoms with van der Waals surface area (Å²) in [7, 11) is -5.66. The first-order chi connectivity index (χ1) is 20.8. The first-order valence-electron chi connectivity index (χ1n) is 13.2. The number of nitrogens with one attached hydrogen (secondary N) is 1. The minimum Gasteiger partial charge on any atom is -0.478 e. The van der Waals surface area contributed by atoms with Crippen LogP contribution < -0.4 is 4.72 Å². The minimum atomic E-state index is -5.66. The Morgan fingerprint density at radius 2 is 1.93 bits per heavy atom. The maximum atomic E-state index is 13.1. The van der Waals surface area contributed by atoms with Crippen molar-refractivity contribution in [1.29, 1.82) is 0 Å². The first-order valence-corrected chi connectivity index (χ1v) is 16.4. The summed E-state index contributed by atoms with van der Waals surface area (Å²) in [4.78, 5) is 17.7. The molecule has 0 aliphatic rings. The molecule has 230 valence electrons. The predicted octanol–water partition coefficient (Wildman–Crippen LogP) is 8.01. The molecule has 3 heterocycles. The second-order valence-corrected chi connectivity index (χ2v) is 13.3. The number of aliphatic carboxylic acids is 1. The van der Waals surface area contributed by atoms with Gasteiger partial charge in [0.15, 0.2) is 5.76 Å². The van der Waals surface area contributed by atoms with Gasteiger partial charge in [-0.2, -0.15) is 21.6 Å². The average molecular weight is 709 g/mol. The van der Waals surface area contributed by atoms with Crippen LogP contribution in [0.3, 0.4) is 0 Å². The Balaban J connectivity index is 1.53. The van der Waals surface area contributed by atoms with Crippen molar-refractivity contribution in [2.75, 3.05) is 4.72 Å². The van der Waals surface area contributed by atoms with Gasteiger partial charge in [-0.15, -0.1) is 11.3 Å². The van der Waals surface area contributed by atoms with E-state index < -0.39 is 21.5 Å². The zero-order chi connectivity index (χ0) is 31.8. The molecule has 0 saturated heterocycles. The molecular formula is C30H25BrF3N3O5S2. The number of fused-ring (bicyclic) bond motifs is 1. The number of para-hydroxylation sites is 1. The van der Waals surface area contributed by atoms with Crippen LogP contribution in [0.2, 0.25) is 0 Å². The number of furan rings is 1. The number of aromatic nitrogens is 2. The molecule has 0 amide bonds. The van der Waals surface area contributed by atoms with Crippen LogP contribution in [0.15, 0.2) is 74.4 Å². The molecule has 5 aromatic rings. The molecule has 2 N–H and O–H groups in total. The molecule has 0 aliphatic carbocycles. The van der Waals surface area contributed by atoms with Gasteiger partial charge in [0.1, 0.15) is 11.4 Å². The molecule has 0 radical (unpaired) electrons. The summed E-state index contributed by atoms with van der Waals surface area (Å²) >= 11 is 4.98. The molecule has 0 saturated carbocycles. The maximum absolute atomic E-state index is 13.1. The van der Waals surface area contributed by atoms with E-state index in [9.17, 15) is 31.5 Å². The molecule has 14 heteroatoms. The van der Waals surface area contributed by atoms with Crippen molar-refractivity contribution in [3.8, 4) is 11.3 Å². The van der Waals surface area contributed by atoms with Crippen molar-refractivity contribution in [2.45, 2.75) is 38.7 Å². The summed E-state index contributed by atoms with van der Waals surface area (Å²) in [6, 6.07) is 14.8. The highest BCUT2D eigenvalue weighted by Gasteiger charge is 2.46. The number of rotatable bonds is 10. The first kappa shape index (κ1) is 31.5. The Hall–Kier alpha value is -3.88. The number of carboxylic acid groups (broad SMARTS) is 1. The zero-order valence-corrected chi connectivity index (χ0v) is 26.5. The number of benzene rings is 2. The Kier molecular flexibility index (Phi) is 8.78. The van der Waals surface area contributed by atoms with Gasteiger partial charge in [-0.3, -0.25) is 4.72 Å². The van der Waals surface area contributed by atoms with Crippen LogP contribution in [0.25, 0.3) is 28.4 Å². The van der Waals surface area contributed by atoms with E-state index in [2.05, 4.69) is 20.9 Å². The lowest BCUT2D eigenvalue weighted by Crippen LogP contribution is -2.30. The normalized spacial score (nSPS) is 12.6.